The number of nitrogens with one attached hydrogen (secondary N) is 1. The van der Waals surface area contributed by atoms with Crippen LogP contribution in [0.25, 0.3) is 0 Å². The van der Waals surface area contributed by atoms with Gasteiger partial charge in [0.1, 0.15) is 11.4 Å². The van der Waals surface area contributed by atoms with E-state index in [1.807, 2.05) is 24.3 Å². The second-order valence-electron chi connectivity index (χ2n) is 7.20. The third kappa shape index (κ3) is 3.71. The predicted octanol–water partition coefficient (Wildman–Crippen LogP) is 3.18. The summed E-state index contributed by atoms with van der Waals surface area (Å²) in [5, 5.41) is 4.26. The van der Waals surface area contributed by atoms with Crippen molar-refractivity contribution >= 4 is 11.6 Å². The summed E-state index contributed by atoms with van der Waals surface area (Å²) < 4.78 is 6.15. The first-order valence-corrected chi connectivity index (χ1v) is 8.22. The Morgan fingerprint density at radius 1 is 1.29 bits per heavy atom. The molecule has 0 amide bonds. The molecule has 2 heterocycles. The molecule has 116 valence electrons. The first kappa shape index (κ1) is 15.1. The molecular formula is C17H25ClN2O. The van der Waals surface area contributed by atoms with Crippen LogP contribution in [-0.4, -0.2) is 43.2 Å². The Labute approximate surface area is 132 Å². The van der Waals surface area contributed by atoms with Gasteiger partial charge in [0.15, 0.2) is 0 Å². The molecule has 0 bridgehead atoms. The van der Waals surface area contributed by atoms with Gasteiger partial charge in [-0.1, -0.05) is 11.6 Å². The average Bonchev–Trinajstić information content (AvgIpc) is 3.02. The quantitative estimate of drug-likeness (QED) is 0.924. The van der Waals surface area contributed by atoms with Crippen LogP contribution in [-0.2, 0) is 0 Å². The fourth-order valence-electron chi connectivity index (χ4n) is 3.70. The zero-order chi connectivity index (χ0) is 14.9. The van der Waals surface area contributed by atoms with Crippen LogP contribution in [0, 0.1) is 5.41 Å². The van der Waals surface area contributed by atoms with Crippen LogP contribution < -0.4 is 10.1 Å². The minimum absolute atomic E-state index is 0.189. The van der Waals surface area contributed by atoms with E-state index in [0.29, 0.717) is 5.41 Å². The van der Waals surface area contributed by atoms with Crippen LogP contribution in [0.5, 0.6) is 5.75 Å². The Kier molecular flexibility index (Phi) is 4.17. The third-order valence-electron chi connectivity index (χ3n) is 4.66. The van der Waals surface area contributed by atoms with Gasteiger partial charge in [-0.15, -0.1) is 0 Å². The molecule has 4 heteroatoms. The number of benzene rings is 1. The smallest absolute Gasteiger partial charge is 0.120 e. The van der Waals surface area contributed by atoms with Gasteiger partial charge in [-0.05, 0) is 69.5 Å². The molecule has 0 aliphatic carbocycles. The summed E-state index contributed by atoms with van der Waals surface area (Å²) in [4.78, 5) is 2.56. The molecule has 2 saturated heterocycles. The van der Waals surface area contributed by atoms with Gasteiger partial charge in [0.05, 0.1) is 0 Å². The van der Waals surface area contributed by atoms with Crippen LogP contribution in [0.2, 0.25) is 5.02 Å². The van der Waals surface area contributed by atoms with Crippen molar-refractivity contribution in [2.45, 2.75) is 32.3 Å². The highest BCUT2D eigenvalue weighted by molar-refractivity contribution is 6.30. The van der Waals surface area contributed by atoms with Gasteiger partial charge in [-0.3, -0.25) is 4.90 Å². The van der Waals surface area contributed by atoms with Crippen molar-refractivity contribution in [1.29, 1.82) is 0 Å². The third-order valence-corrected chi connectivity index (χ3v) is 4.91. The van der Waals surface area contributed by atoms with Gasteiger partial charge in [0.25, 0.3) is 0 Å². The van der Waals surface area contributed by atoms with Crippen molar-refractivity contribution in [3.8, 4) is 5.75 Å². The van der Waals surface area contributed by atoms with E-state index < -0.39 is 0 Å². The molecule has 0 radical (unpaired) electrons. The first-order chi connectivity index (χ1) is 9.96. The summed E-state index contributed by atoms with van der Waals surface area (Å²) in [6.45, 7) is 10.1. The molecule has 1 aromatic rings. The Balaban J connectivity index is 1.57. The molecule has 2 aliphatic rings. The fraction of sp³-hybridized carbons (Fsp3) is 0.647. The maximum absolute atomic E-state index is 6.15. The molecule has 21 heavy (non-hydrogen) atoms. The second-order valence-corrected chi connectivity index (χ2v) is 7.64. The number of ether oxygens (including phenoxy) is 1. The molecule has 1 spiro atoms. The minimum Gasteiger partial charge on any atom is -0.487 e. The molecule has 0 aromatic heterocycles. The summed E-state index contributed by atoms with van der Waals surface area (Å²) in [5.41, 5.74) is 0.335. The molecule has 0 saturated carbocycles. The van der Waals surface area contributed by atoms with Crippen LogP contribution in [0.3, 0.4) is 0 Å². The van der Waals surface area contributed by atoms with Gasteiger partial charge < -0.3 is 10.1 Å². The van der Waals surface area contributed by atoms with E-state index in [9.17, 15) is 0 Å². The second kappa shape index (κ2) is 5.79. The number of hydrogen-bond acceptors (Lipinski definition) is 3. The molecule has 1 N–H and O–H groups in total. The average molecular weight is 309 g/mol. The topological polar surface area (TPSA) is 24.5 Å². The van der Waals surface area contributed by atoms with Crippen molar-refractivity contribution in [2.24, 2.45) is 5.41 Å². The van der Waals surface area contributed by atoms with E-state index in [4.69, 9.17) is 16.3 Å². The van der Waals surface area contributed by atoms with Crippen molar-refractivity contribution in [2.75, 3.05) is 32.7 Å². The number of rotatable bonds is 4. The number of likely N-dealkylation sites (tertiary alicyclic amines) is 1. The highest BCUT2D eigenvalue weighted by Crippen LogP contribution is 2.36. The maximum Gasteiger partial charge on any atom is 0.120 e. The Hall–Kier alpha value is -0.770. The predicted molar refractivity (Wildman–Crippen MR) is 87.1 cm³/mol. The normalized spacial score (nSPS) is 26.6. The summed E-state index contributed by atoms with van der Waals surface area (Å²) in [7, 11) is 0. The molecule has 2 aliphatic heterocycles. The molecule has 1 aromatic carbocycles. The van der Waals surface area contributed by atoms with E-state index in [-0.39, 0.29) is 5.60 Å². The minimum atomic E-state index is -0.189. The zero-order valence-corrected chi connectivity index (χ0v) is 13.7. The Morgan fingerprint density at radius 3 is 2.71 bits per heavy atom. The Bertz CT molecular complexity index is 480. The lowest BCUT2D eigenvalue weighted by Crippen LogP contribution is -2.43. The standard InChI is InChI=1S/C17H25ClN2O/c1-16(2,21-15-5-3-14(18)4-6-15)12-20-10-8-17(13-20)7-9-19-11-17/h3-6,19H,7-13H2,1-2H3. The van der Waals surface area contributed by atoms with Gasteiger partial charge in [-0.25, -0.2) is 0 Å². The number of hydrogen-bond donors (Lipinski definition) is 1. The highest BCUT2D eigenvalue weighted by Gasteiger charge is 2.41. The molecule has 1 unspecified atom stereocenters. The van der Waals surface area contributed by atoms with Crippen molar-refractivity contribution in [3.05, 3.63) is 29.3 Å². The van der Waals surface area contributed by atoms with Gasteiger partial charge in [0, 0.05) is 24.7 Å². The molecule has 2 fully saturated rings. The first-order valence-electron chi connectivity index (χ1n) is 7.84. The Morgan fingerprint density at radius 2 is 2.05 bits per heavy atom. The number of nitrogens with zero attached hydrogens (tertiary/aromatic N) is 1. The van der Waals surface area contributed by atoms with Gasteiger partial charge in [0.2, 0.25) is 0 Å². The van der Waals surface area contributed by atoms with Crippen LogP contribution >= 0.6 is 11.6 Å². The largest absolute Gasteiger partial charge is 0.487 e. The monoisotopic (exact) mass is 308 g/mol. The lowest BCUT2D eigenvalue weighted by molar-refractivity contribution is 0.0645. The molecular weight excluding hydrogens is 284 g/mol. The SMILES string of the molecule is CC(C)(CN1CCC2(CCNC2)C1)Oc1ccc(Cl)cc1. The highest BCUT2D eigenvalue weighted by atomic mass is 35.5. The molecule has 3 rings (SSSR count). The van der Waals surface area contributed by atoms with Crippen LogP contribution in [0.4, 0.5) is 0 Å². The molecule has 3 nitrogen and oxygen atoms in total. The van der Waals surface area contributed by atoms with Crippen LogP contribution in [0.15, 0.2) is 24.3 Å². The lowest BCUT2D eigenvalue weighted by Gasteiger charge is -2.32. The summed E-state index contributed by atoms with van der Waals surface area (Å²) >= 11 is 5.92. The maximum atomic E-state index is 6.15. The fourth-order valence-corrected chi connectivity index (χ4v) is 3.82. The number of halogens is 1. The molecule has 1 atom stereocenters. The van der Waals surface area contributed by atoms with Crippen molar-refractivity contribution in [1.82, 2.24) is 10.2 Å². The van der Waals surface area contributed by atoms with E-state index >= 15 is 0 Å². The van der Waals surface area contributed by atoms with Crippen LogP contribution in [0.1, 0.15) is 26.7 Å². The summed E-state index contributed by atoms with van der Waals surface area (Å²) in [6, 6.07) is 7.64. The van der Waals surface area contributed by atoms with Gasteiger partial charge in [-0.2, -0.15) is 0 Å². The van der Waals surface area contributed by atoms with E-state index in [1.165, 1.54) is 39.0 Å². The summed E-state index contributed by atoms with van der Waals surface area (Å²) in [6.07, 6.45) is 2.64. The summed E-state index contributed by atoms with van der Waals surface area (Å²) in [5.74, 6) is 0.890. The van der Waals surface area contributed by atoms with E-state index in [0.717, 1.165) is 17.3 Å². The zero-order valence-electron chi connectivity index (χ0n) is 13.0. The van der Waals surface area contributed by atoms with E-state index in [2.05, 4.69) is 24.1 Å². The van der Waals surface area contributed by atoms with Crippen molar-refractivity contribution in [3.63, 3.8) is 0 Å². The van der Waals surface area contributed by atoms with E-state index in [1.54, 1.807) is 0 Å². The van der Waals surface area contributed by atoms with Crippen molar-refractivity contribution < 1.29 is 4.74 Å². The van der Waals surface area contributed by atoms with Gasteiger partial charge >= 0.3 is 0 Å². The lowest BCUT2D eigenvalue weighted by atomic mass is 9.86.